The zero-order chi connectivity index (χ0) is 20.5. The molecular formula is C22H26N4O3. The predicted octanol–water partition coefficient (Wildman–Crippen LogP) is 2.73. The summed E-state index contributed by atoms with van der Waals surface area (Å²) in [5.74, 6) is 1.48. The molecule has 0 bridgehead atoms. The number of hydrogen-bond donors (Lipinski definition) is 1. The van der Waals surface area contributed by atoms with E-state index in [0.29, 0.717) is 17.6 Å². The maximum absolute atomic E-state index is 13.1. The molecule has 0 spiro atoms. The number of rotatable bonds is 5. The number of nitrogens with one attached hydrogen (secondary N) is 1. The molecule has 1 amide bonds. The molecule has 29 heavy (non-hydrogen) atoms. The monoisotopic (exact) mass is 394 g/mol. The minimum absolute atomic E-state index is 0.0474. The highest BCUT2D eigenvalue weighted by molar-refractivity contribution is 5.81. The molecule has 4 rings (SSSR count). The second kappa shape index (κ2) is 7.73. The van der Waals surface area contributed by atoms with Gasteiger partial charge < -0.3 is 14.6 Å². The second-order valence-corrected chi connectivity index (χ2v) is 7.61. The van der Waals surface area contributed by atoms with Crippen LogP contribution in [-0.2, 0) is 24.3 Å². The van der Waals surface area contributed by atoms with Gasteiger partial charge in [0.15, 0.2) is 0 Å². The number of nitrogens with zero attached hydrogens (tertiary/aromatic N) is 3. The van der Waals surface area contributed by atoms with Crippen molar-refractivity contribution in [3.05, 3.63) is 57.8 Å². The molecule has 0 fully saturated rings. The lowest BCUT2D eigenvalue weighted by Gasteiger charge is -2.18. The van der Waals surface area contributed by atoms with E-state index in [9.17, 15) is 9.59 Å². The van der Waals surface area contributed by atoms with Crippen LogP contribution in [-0.4, -0.2) is 27.1 Å². The van der Waals surface area contributed by atoms with Crippen LogP contribution in [0, 0.1) is 6.92 Å². The van der Waals surface area contributed by atoms with Crippen LogP contribution in [0.15, 0.2) is 35.1 Å². The van der Waals surface area contributed by atoms with E-state index in [4.69, 9.17) is 4.74 Å². The van der Waals surface area contributed by atoms with E-state index < -0.39 is 0 Å². The van der Waals surface area contributed by atoms with Gasteiger partial charge in [-0.3, -0.25) is 14.2 Å². The van der Waals surface area contributed by atoms with Crippen molar-refractivity contribution in [2.24, 2.45) is 0 Å². The van der Waals surface area contributed by atoms with Crippen molar-refractivity contribution in [2.45, 2.75) is 52.2 Å². The molecule has 3 aromatic rings. The molecule has 0 saturated heterocycles. The fourth-order valence-electron chi connectivity index (χ4n) is 4.00. The fourth-order valence-corrected chi connectivity index (χ4v) is 4.00. The predicted molar refractivity (Wildman–Crippen MR) is 111 cm³/mol. The van der Waals surface area contributed by atoms with Crippen LogP contribution in [0.1, 0.15) is 42.9 Å². The van der Waals surface area contributed by atoms with Crippen molar-refractivity contribution < 1.29 is 9.53 Å². The van der Waals surface area contributed by atoms with Crippen LogP contribution in [0.5, 0.6) is 5.75 Å². The Balaban J connectivity index is 1.57. The fraction of sp³-hybridized carbons (Fsp3) is 0.409. The van der Waals surface area contributed by atoms with Crippen LogP contribution in [0.2, 0.25) is 0 Å². The third-order valence-electron chi connectivity index (χ3n) is 5.62. The van der Waals surface area contributed by atoms with Crippen molar-refractivity contribution >= 4 is 16.9 Å². The van der Waals surface area contributed by atoms with E-state index in [2.05, 4.69) is 10.3 Å². The molecular weight excluding hydrogens is 368 g/mol. The molecule has 7 heteroatoms. The Bertz CT molecular complexity index is 1110. The van der Waals surface area contributed by atoms with E-state index in [1.54, 1.807) is 16.2 Å². The van der Waals surface area contributed by atoms with Crippen molar-refractivity contribution in [3.63, 3.8) is 0 Å². The number of ether oxygens (including phenoxy) is 1. The van der Waals surface area contributed by atoms with Gasteiger partial charge in [0.05, 0.1) is 18.7 Å². The Kier molecular flexibility index (Phi) is 5.13. The first-order valence-corrected chi connectivity index (χ1v) is 10.0. The lowest BCUT2D eigenvalue weighted by Crippen LogP contribution is -2.33. The molecule has 2 aromatic heterocycles. The minimum atomic E-state index is -0.150. The first kappa shape index (κ1) is 19.2. The van der Waals surface area contributed by atoms with Crippen molar-refractivity contribution in [3.8, 4) is 5.75 Å². The smallest absolute Gasteiger partial charge is 0.278 e. The summed E-state index contributed by atoms with van der Waals surface area (Å²) in [6.45, 7) is 4.63. The van der Waals surface area contributed by atoms with Crippen LogP contribution in [0.25, 0.3) is 11.0 Å². The standard InChI is InChI=1S/C22H26N4O3/c1-14-12-18-21(22(28)25-11-5-4-6-19(25)24-18)26(14)13-20(27)23-15(2)16-7-9-17(29-3)10-8-16/h7-10,12,15H,4-6,11,13H2,1-3H3,(H,23,27). The number of aromatic nitrogens is 3. The lowest BCUT2D eigenvalue weighted by molar-refractivity contribution is -0.122. The van der Waals surface area contributed by atoms with E-state index in [0.717, 1.165) is 42.1 Å². The normalized spacial score (nSPS) is 14.4. The van der Waals surface area contributed by atoms with E-state index in [1.807, 2.05) is 44.2 Å². The van der Waals surface area contributed by atoms with Crippen molar-refractivity contribution in [1.82, 2.24) is 19.4 Å². The summed E-state index contributed by atoms with van der Waals surface area (Å²) in [6.07, 6.45) is 2.87. The highest BCUT2D eigenvalue weighted by atomic mass is 16.5. The lowest BCUT2D eigenvalue weighted by atomic mass is 10.1. The first-order valence-electron chi connectivity index (χ1n) is 10.0. The second-order valence-electron chi connectivity index (χ2n) is 7.61. The number of aryl methyl sites for hydroxylation is 2. The molecule has 1 unspecified atom stereocenters. The topological polar surface area (TPSA) is 78.2 Å². The number of amides is 1. The SMILES string of the molecule is COc1ccc(C(C)NC(=O)Cn2c(C)cc3nc4n(c(=O)c32)CCCC4)cc1. The highest BCUT2D eigenvalue weighted by Gasteiger charge is 2.20. The zero-order valence-electron chi connectivity index (χ0n) is 17.1. The average molecular weight is 394 g/mol. The van der Waals surface area contributed by atoms with Gasteiger partial charge in [0.1, 0.15) is 23.6 Å². The van der Waals surface area contributed by atoms with Crippen molar-refractivity contribution in [1.29, 1.82) is 0 Å². The largest absolute Gasteiger partial charge is 0.497 e. The molecule has 1 aliphatic heterocycles. The average Bonchev–Trinajstić information content (AvgIpc) is 3.03. The molecule has 0 aliphatic carbocycles. The Morgan fingerprint density at radius 3 is 2.76 bits per heavy atom. The van der Waals surface area contributed by atoms with E-state index in [-0.39, 0.29) is 24.1 Å². The maximum Gasteiger partial charge on any atom is 0.278 e. The van der Waals surface area contributed by atoms with Crippen LogP contribution < -0.4 is 15.6 Å². The van der Waals surface area contributed by atoms with Crippen molar-refractivity contribution in [2.75, 3.05) is 7.11 Å². The van der Waals surface area contributed by atoms with Gasteiger partial charge >= 0.3 is 0 Å². The molecule has 0 saturated carbocycles. The van der Waals surface area contributed by atoms with E-state index >= 15 is 0 Å². The number of hydrogen-bond acceptors (Lipinski definition) is 4. The minimum Gasteiger partial charge on any atom is -0.497 e. The quantitative estimate of drug-likeness (QED) is 0.722. The highest BCUT2D eigenvalue weighted by Crippen LogP contribution is 2.20. The Morgan fingerprint density at radius 2 is 2.03 bits per heavy atom. The number of benzene rings is 1. The summed E-state index contributed by atoms with van der Waals surface area (Å²) in [6, 6.07) is 9.36. The van der Waals surface area contributed by atoms with Gasteiger partial charge in [-0.05, 0) is 50.5 Å². The summed E-state index contributed by atoms with van der Waals surface area (Å²) >= 11 is 0. The molecule has 152 valence electrons. The van der Waals surface area contributed by atoms with Gasteiger partial charge in [0.2, 0.25) is 5.91 Å². The summed E-state index contributed by atoms with van der Waals surface area (Å²) in [5.41, 5.74) is 3.00. The molecule has 3 heterocycles. The van der Waals surface area contributed by atoms with Crippen LogP contribution in [0.3, 0.4) is 0 Å². The summed E-state index contributed by atoms with van der Waals surface area (Å²) in [5, 5.41) is 3.02. The van der Waals surface area contributed by atoms with Crippen LogP contribution in [0.4, 0.5) is 0 Å². The number of methoxy groups -OCH3 is 1. The van der Waals surface area contributed by atoms with Gasteiger partial charge in [-0.2, -0.15) is 0 Å². The van der Waals surface area contributed by atoms with Gasteiger partial charge in [-0.25, -0.2) is 4.98 Å². The molecule has 0 radical (unpaired) electrons. The zero-order valence-corrected chi connectivity index (χ0v) is 17.1. The number of carbonyl (C=O) groups is 1. The number of fused-ring (bicyclic) bond motifs is 2. The van der Waals surface area contributed by atoms with Gasteiger partial charge in [0.25, 0.3) is 5.56 Å². The molecule has 1 aromatic carbocycles. The van der Waals surface area contributed by atoms with Gasteiger partial charge in [-0.15, -0.1) is 0 Å². The summed E-state index contributed by atoms with van der Waals surface area (Å²) in [4.78, 5) is 30.5. The molecule has 7 nitrogen and oxygen atoms in total. The summed E-state index contributed by atoms with van der Waals surface area (Å²) < 4.78 is 8.72. The Labute approximate surface area is 169 Å². The molecule has 1 N–H and O–H groups in total. The molecule has 1 atom stereocenters. The summed E-state index contributed by atoms with van der Waals surface area (Å²) in [7, 11) is 1.62. The van der Waals surface area contributed by atoms with Gasteiger partial charge in [0, 0.05) is 18.7 Å². The Morgan fingerprint density at radius 1 is 1.28 bits per heavy atom. The third kappa shape index (κ3) is 3.64. The van der Waals surface area contributed by atoms with Crippen LogP contribution >= 0.6 is 0 Å². The third-order valence-corrected chi connectivity index (χ3v) is 5.62. The maximum atomic E-state index is 13.1. The molecule has 1 aliphatic rings. The van der Waals surface area contributed by atoms with E-state index in [1.165, 1.54) is 0 Å². The first-order chi connectivity index (χ1) is 14.0. The number of carbonyl (C=O) groups excluding carboxylic acids is 1. The Hall–Kier alpha value is -3.09. The van der Waals surface area contributed by atoms with Gasteiger partial charge in [-0.1, -0.05) is 12.1 Å².